The second-order valence-electron chi connectivity index (χ2n) is 5.63. The molecule has 0 aromatic heterocycles. The molecule has 18 heavy (non-hydrogen) atoms. The molecule has 0 heterocycles. The molecule has 0 spiro atoms. The van der Waals surface area contributed by atoms with Crippen LogP contribution >= 0.6 is 0 Å². The van der Waals surface area contributed by atoms with Gasteiger partial charge in [0.1, 0.15) is 0 Å². The van der Waals surface area contributed by atoms with Crippen LogP contribution in [0.2, 0.25) is 0 Å². The molecule has 2 nitrogen and oxygen atoms in total. The van der Waals surface area contributed by atoms with E-state index in [1.54, 1.807) is 0 Å². The van der Waals surface area contributed by atoms with Gasteiger partial charge in [0.05, 0.1) is 6.04 Å². The van der Waals surface area contributed by atoms with E-state index in [0.717, 1.165) is 25.7 Å². The fraction of sp³-hybridized carbons (Fsp3) is 0.562. The van der Waals surface area contributed by atoms with Crippen LogP contribution in [0.25, 0.3) is 0 Å². The molecule has 2 aliphatic carbocycles. The molecular formula is C16H21NO. The number of hydrogen-bond donors (Lipinski definition) is 1. The number of carbonyl (C=O) groups is 1. The van der Waals surface area contributed by atoms with E-state index in [9.17, 15) is 4.79 Å². The molecule has 1 N–H and O–H groups in total. The second-order valence-corrected chi connectivity index (χ2v) is 5.63. The number of benzene rings is 1. The van der Waals surface area contributed by atoms with Gasteiger partial charge in [-0.25, -0.2) is 0 Å². The van der Waals surface area contributed by atoms with Crippen LogP contribution in [-0.4, -0.2) is 5.91 Å². The Kier molecular flexibility index (Phi) is 3.35. The molecule has 1 atom stereocenters. The van der Waals surface area contributed by atoms with Gasteiger partial charge in [0.25, 0.3) is 0 Å². The van der Waals surface area contributed by atoms with Crippen LogP contribution in [0.4, 0.5) is 0 Å². The van der Waals surface area contributed by atoms with Gasteiger partial charge in [-0.05, 0) is 36.8 Å². The Morgan fingerprint density at radius 2 is 1.83 bits per heavy atom. The van der Waals surface area contributed by atoms with Crippen molar-refractivity contribution in [3.63, 3.8) is 0 Å². The summed E-state index contributed by atoms with van der Waals surface area (Å²) in [5.41, 5.74) is 2.74. The molecule has 0 aliphatic heterocycles. The fourth-order valence-corrected chi connectivity index (χ4v) is 3.36. The summed E-state index contributed by atoms with van der Waals surface area (Å²) >= 11 is 0. The van der Waals surface area contributed by atoms with Gasteiger partial charge in [0.2, 0.25) is 5.91 Å². The molecule has 1 unspecified atom stereocenters. The lowest BCUT2D eigenvalue weighted by Crippen LogP contribution is -2.34. The third kappa shape index (κ3) is 2.29. The number of amides is 1. The summed E-state index contributed by atoms with van der Waals surface area (Å²) in [6, 6.07) is 8.76. The first kappa shape index (κ1) is 11.8. The Labute approximate surface area is 109 Å². The number of aryl methyl sites for hydroxylation is 1. The number of rotatable bonds is 2. The van der Waals surface area contributed by atoms with Crippen molar-refractivity contribution in [2.24, 2.45) is 5.92 Å². The van der Waals surface area contributed by atoms with Gasteiger partial charge in [-0.1, -0.05) is 43.5 Å². The topological polar surface area (TPSA) is 29.1 Å². The van der Waals surface area contributed by atoms with E-state index in [1.165, 1.54) is 30.4 Å². The predicted molar refractivity (Wildman–Crippen MR) is 72.2 cm³/mol. The minimum atomic E-state index is 0.260. The van der Waals surface area contributed by atoms with E-state index in [4.69, 9.17) is 0 Å². The van der Waals surface area contributed by atoms with Crippen LogP contribution in [0, 0.1) is 5.92 Å². The summed E-state index contributed by atoms with van der Waals surface area (Å²) < 4.78 is 0. The van der Waals surface area contributed by atoms with Gasteiger partial charge < -0.3 is 5.32 Å². The highest BCUT2D eigenvalue weighted by molar-refractivity contribution is 5.79. The van der Waals surface area contributed by atoms with E-state index in [0.29, 0.717) is 0 Å². The normalized spacial score (nSPS) is 23.7. The average Bonchev–Trinajstić information content (AvgIpc) is 2.83. The van der Waals surface area contributed by atoms with Crippen LogP contribution in [0.1, 0.15) is 55.7 Å². The van der Waals surface area contributed by atoms with E-state index in [-0.39, 0.29) is 17.9 Å². The molecule has 0 bridgehead atoms. The van der Waals surface area contributed by atoms with Crippen molar-refractivity contribution in [2.75, 3.05) is 0 Å². The third-order valence-corrected chi connectivity index (χ3v) is 4.43. The average molecular weight is 243 g/mol. The van der Waals surface area contributed by atoms with Gasteiger partial charge in [-0.15, -0.1) is 0 Å². The highest BCUT2D eigenvalue weighted by atomic mass is 16.1. The molecule has 2 heteroatoms. The maximum absolute atomic E-state index is 12.3. The Morgan fingerprint density at radius 1 is 1.06 bits per heavy atom. The number of carbonyl (C=O) groups excluding carboxylic acids is 1. The van der Waals surface area contributed by atoms with Gasteiger partial charge >= 0.3 is 0 Å². The first-order chi connectivity index (χ1) is 8.84. The molecule has 1 amide bonds. The summed E-state index contributed by atoms with van der Waals surface area (Å²) in [5, 5.41) is 3.27. The van der Waals surface area contributed by atoms with Crippen LogP contribution in [0.15, 0.2) is 24.3 Å². The minimum Gasteiger partial charge on any atom is -0.349 e. The van der Waals surface area contributed by atoms with Crippen LogP contribution < -0.4 is 5.32 Å². The van der Waals surface area contributed by atoms with Crippen LogP contribution in [-0.2, 0) is 11.2 Å². The van der Waals surface area contributed by atoms with E-state index in [1.807, 2.05) is 0 Å². The number of nitrogens with one attached hydrogen (secondary N) is 1. The van der Waals surface area contributed by atoms with Crippen molar-refractivity contribution in [3.8, 4) is 0 Å². The first-order valence-electron chi connectivity index (χ1n) is 7.23. The molecule has 0 saturated heterocycles. The van der Waals surface area contributed by atoms with E-state index in [2.05, 4.69) is 29.6 Å². The molecule has 3 rings (SSSR count). The summed E-state index contributed by atoms with van der Waals surface area (Å²) in [7, 11) is 0. The monoisotopic (exact) mass is 243 g/mol. The summed E-state index contributed by atoms with van der Waals surface area (Å²) in [4.78, 5) is 12.3. The fourth-order valence-electron chi connectivity index (χ4n) is 3.36. The van der Waals surface area contributed by atoms with Crippen molar-refractivity contribution in [1.82, 2.24) is 5.32 Å². The first-order valence-corrected chi connectivity index (χ1v) is 7.23. The minimum absolute atomic E-state index is 0.260. The SMILES string of the molecule is O=C(NC1CCc2ccccc21)C1CCCCC1. The maximum Gasteiger partial charge on any atom is 0.223 e. The standard InChI is InChI=1S/C16H21NO/c18-16(13-7-2-1-3-8-13)17-15-11-10-12-6-4-5-9-14(12)15/h4-6,9,13,15H,1-3,7-8,10-11H2,(H,17,18). The number of fused-ring (bicyclic) bond motifs is 1. The molecule has 1 fully saturated rings. The molecule has 1 aromatic carbocycles. The zero-order valence-corrected chi connectivity index (χ0v) is 10.8. The molecule has 1 aromatic rings. The van der Waals surface area contributed by atoms with Crippen LogP contribution in [0.5, 0.6) is 0 Å². The van der Waals surface area contributed by atoms with Crippen molar-refractivity contribution in [1.29, 1.82) is 0 Å². The summed E-state index contributed by atoms with van der Waals surface area (Å²) in [5.74, 6) is 0.558. The molecule has 0 radical (unpaired) electrons. The third-order valence-electron chi connectivity index (χ3n) is 4.43. The van der Waals surface area contributed by atoms with E-state index < -0.39 is 0 Å². The van der Waals surface area contributed by atoms with E-state index >= 15 is 0 Å². The van der Waals surface area contributed by atoms with Gasteiger partial charge in [0.15, 0.2) is 0 Å². The Balaban J connectivity index is 1.65. The lowest BCUT2D eigenvalue weighted by molar-refractivity contribution is -0.126. The van der Waals surface area contributed by atoms with Crippen molar-refractivity contribution < 1.29 is 4.79 Å². The zero-order chi connectivity index (χ0) is 12.4. The van der Waals surface area contributed by atoms with Crippen molar-refractivity contribution >= 4 is 5.91 Å². The van der Waals surface area contributed by atoms with Gasteiger partial charge in [-0.2, -0.15) is 0 Å². The van der Waals surface area contributed by atoms with Gasteiger partial charge in [0, 0.05) is 5.92 Å². The lowest BCUT2D eigenvalue weighted by Gasteiger charge is -2.23. The Hall–Kier alpha value is -1.31. The zero-order valence-electron chi connectivity index (χ0n) is 10.8. The lowest BCUT2D eigenvalue weighted by atomic mass is 9.88. The Morgan fingerprint density at radius 3 is 2.67 bits per heavy atom. The highest BCUT2D eigenvalue weighted by Crippen LogP contribution is 2.32. The molecule has 2 aliphatic rings. The summed E-state index contributed by atoms with van der Waals surface area (Å²) in [6.07, 6.45) is 8.08. The second kappa shape index (κ2) is 5.13. The number of hydrogen-bond acceptors (Lipinski definition) is 1. The highest BCUT2D eigenvalue weighted by Gasteiger charge is 2.27. The summed E-state index contributed by atoms with van der Waals surface area (Å²) in [6.45, 7) is 0. The predicted octanol–water partition coefficient (Wildman–Crippen LogP) is 3.37. The largest absolute Gasteiger partial charge is 0.349 e. The smallest absolute Gasteiger partial charge is 0.223 e. The molecular weight excluding hydrogens is 222 g/mol. The quantitative estimate of drug-likeness (QED) is 0.847. The molecule has 96 valence electrons. The molecule has 1 saturated carbocycles. The Bertz CT molecular complexity index is 434. The maximum atomic E-state index is 12.3. The van der Waals surface area contributed by atoms with Gasteiger partial charge in [-0.3, -0.25) is 4.79 Å². The van der Waals surface area contributed by atoms with Crippen molar-refractivity contribution in [2.45, 2.75) is 51.0 Å². The van der Waals surface area contributed by atoms with Crippen LogP contribution in [0.3, 0.4) is 0 Å². The van der Waals surface area contributed by atoms with Crippen molar-refractivity contribution in [3.05, 3.63) is 35.4 Å².